The number of rotatable bonds is 4. The molecule has 3 heterocycles. The lowest BCUT2D eigenvalue weighted by molar-refractivity contribution is -0.117. The molecule has 20 heavy (non-hydrogen) atoms. The molecule has 2 aliphatic rings. The van der Waals surface area contributed by atoms with Crippen molar-refractivity contribution in [3.8, 4) is 0 Å². The molecule has 2 saturated heterocycles. The van der Waals surface area contributed by atoms with E-state index in [0.717, 1.165) is 31.9 Å². The molecule has 2 fully saturated rings. The number of nitrogens with one attached hydrogen (secondary N) is 2. The molecular formula is C14H22N4O2. The Labute approximate surface area is 118 Å². The molecular weight excluding hydrogens is 256 g/mol. The van der Waals surface area contributed by atoms with Crippen molar-refractivity contribution in [1.29, 1.82) is 0 Å². The second-order valence-electron chi connectivity index (χ2n) is 6.19. The number of hydrogen-bond acceptors (Lipinski definition) is 5. The first kappa shape index (κ1) is 13.6. The van der Waals surface area contributed by atoms with Crippen LogP contribution in [0.25, 0.3) is 0 Å². The normalized spacial score (nSPS) is 26.1. The third-order valence-electron chi connectivity index (χ3n) is 4.21. The topological polar surface area (TPSA) is 70.4 Å². The number of hydrogen-bond donors (Lipinski definition) is 2. The van der Waals surface area contributed by atoms with Crippen LogP contribution in [-0.4, -0.2) is 48.7 Å². The number of anilines is 1. The standard InChI is InChI=1S/C14H22N4O2/c1-9(2)12-3-14(20-17-12)16-13(19)8-18-6-10-4-15-5-11(10)7-18/h3,9-11,15H,4-8H2,1-2H3,(H,16,19). The molecule has 2 atom stereocenters. The summed E-state index contributed by atoms with van der Waals surface area (Å²) in [6.07, 6.45) is 0. The molecule has 1 aromatic heterocycles. The molecule has 0 aromatic carbocycles. The Morgan fingerprint density at radius 2 is 2.20 bits per heavy atom. The molecule has 6 heteroatoms. The fourth-order valence-electron chi connectivity index (χ4n) is 3.08. The molecule has 3 rings (SSSR count). The van der Waals surface area contributed by atoms with Crippen molar-refractivity contribution in [3.05, 3.63) is 11.8 Å². The van der Waals surface area contributed by atoms with Gasteiger partial charge in [0.1, 0.15) is 0 Å². The van der Waals surface area contributed by atoms with E-state index in [4.69, 9.17) is 4.52 Å². The predicted molar refractivity (Wildman–Crippen MR) is 75.5 cm³/mol. The zero-order valence-corrected chi connectivity index (χ0v) is 12.1. The van der Waals surface area contributed by atoms with Crippen LogP contribution in [0.3, 0.4) is 0 Å². The number of nitrogens with zero attached hydrogens (tertiary/aromatic N) is 2. The van der Waals surface area contributed by atoms with E-state index in [9.17, 15) is 4.79 Å². The van der Waals surface area contributed by atoms with Crippen LogP contribution in [0.15, 0.2) is 10.6 Å². The lowest BCUT2D eigenvalue weighted by Crippen LogP contribution is -2.33. The highest BCUT2D eigenvalue weighted by Gasteiger charge is 2.36. The monoisotopic (exact) mass is 278 g/mol. The molecule has 2 N–H and O–H groups in total. The van der Waals surface area contributed by atoms with E-state index in [1.807, 2.05) is 13.8 Å². The highest BCUT2D eigenvalue weighted by molar-refractivity contribution is 5.91. The number of amides is 1. The zero-order chi connectivity index (χ0) is 14.1. The van der Waals surface area contributed by atoms with Crippen molar-refractivity contribution in [2.24, 2.45) is 11.8 Å². The third-order valence-corrected chi connectivity index (χ3v) is 4.21. The molecule has 0 bridgehead atoms. The number of carbonyl (C=O) groups excluding carboxylic acids is 1. The van der Waals surface area contributed by atoms with Gasteiger partial charge in [0.05, 0.1) is 12.2 Å². The number of likely N-dealkylation sites (tertiary alicyclic amines) is 1. The summed E-state index contributed by atoms with van der Waals surface area (Å²) in [4.78, 5) is 14.2. The molecule has 0 radical (unpaired) electrons. The maximum Gasteiger partial charge on any atom is 0.240 e. The van der Waals surface area contributed by atoms with Crippen LogP contribution >= 0.6 is 0 Å². The van der Waals surface area contributed by atoms with Gasteiger partial charge in [-0.2, -0.15) is 0 Å². The van der Waals surface area contributed by atoms with Gasteiger partial charge in [-0.3, -0.25) is 15.0 Å². The maximum absolute atomic E-state index is 12.0. The first-order chi connectivity index (χ1) is 9.61. The lowest BCUT2D eigenvalue weighted by atomic mass is 10.0. The minimum atomic E-state index is -0.0237. The predicted octanol–water partition coefficient (Wildman–Crippen LogP) is 0.888. The van der Waals surface area contributed by atoms with Gasteiger partial charge in [0.25, 0.3) is 0 Å². The third kappa shape index (κ3) is 2.86. The summed E-state index contributed by atoms with van der Waals surface area (Å²) in [5, 5.41) is 10.1. The Kier molecular flexibility index (Phi) is 3.76. The van der Waals surface area contributed by atoms with Gasteiger partial charge >= 0.3 is 0 Å². The molecule has 0 saturated carbocycles. The van der Waals surface area contributed by atoms with Gasteiger partial charge in [-0.25, -0.2) is 0 Å². The largest absolute Gasteiger partial charge is 0.338 e. The Morgan fingerprint density at radius 1 is 1.50 bits per heavy atom. The Hall–Kier alpha value is -1.40. The first-order valence-corrected chi connectivity index (χ1v) is 7.31. The molecule has 0 spiro atoms. The molecule has 0 aliphatic carbocycles. The summed E-state index contributed by atoms with van der Waals surface area (Å²) < 4.78 is 5.13. The van der Waals surface area contributed by atoms with E-state index in [1.165, 1.54) is 0 Å². The highest BCUT2D eigenvalue weighted by atomic mass is 16.5. The van der Waals surface area contributed by atoms with Crippen LogP contribution < -0.4 is 10.6 Å². The van der Waals surface area contributed by atoms with Gasteiger partial charge in [0.2, 0.25) is 11.8 Å². The van der Waals surface area contributed by atoms with Crippen LogP contribution in [0.5, 0.6) is 0 Å². The summed E-state index contributed by atoms with van der Waals surface area (Å²) in [5.41, 5.74) is 0.863. The van der Waals surface area contributed by atoms with Crippen molar-refractivity contribution in [1.82, 2.24) is 15.4 Å². The van der Waals surface area contributed by atoms with Gasteiger partial charge in [-0.05, 0) is 30.8 Å². The van der Waals surface area contributed by atoms with Crippen molar-refractivity contribution < 1.29 is 9.32 Å². The van der Waals surface area contributed by atoms with Crippen molar-refractivity contribution in [2.75, 3.05) is 38.0 Å². The Morgan fingerprint density at radius 3 is 2.80 bits per heavy atom. The summed E-state index contributed by atoms with van der Waals surface area (Å²) in [6.45, 7) is 8.72. The van der Waals surface area contributed by atoms with Crippen LogP contribution in [0.2, 0.25) is 0 Å². The summed E-state index contributed by atoms with van der Waals surface area (Å²) >= 11 is 0. The summed E-state index contributed by atoms with van der Waals surface area (Å²) in [6, 6.07) is 1.80. The average Bonchev–Trinajstić information content (AvgIpc) is 3.03. The van der Waals surface area contributed by atoms with Crippen molar-refractivity contribution in [3.63, 3.8) is 0 Å². The zero-order valence-electron chi connectivity index (χ0n) is 12.1. The van der Waals surface area contributed by atoms with E-state index >= 15 is 0 Å². The van der Waals surface area contributed by atoms with Crippen molar-refractivity contribution in [2.45, 2.75) is 19.8 Å². The second-order valence-corrected chi connectivity index (χ2v) is 6.19. The molecule has 1 amide bonds. The molecule has 2 aliphatic heterocycles. The smallest absolute Gasteiger partial charge is 0.240 e. The van der Waals surface area contributed by atoms with Gasteiger partial charge in [0, 0.05) is 19.2 Å². The number of fused-ring (bicyclic) bond motifs is 1. The van der Waals surface area contributed by atoms with Gasteiger partial charge < -0.3 is 9.84 Å². The molecule has 1 aromatic rings. The fourth-order valence-corrected chi connectivity index (χ4v) is 3.08. The number of aromatic nitrogens is 1. The SMILES string of the molecule is CC(C)c1cc(NC(=O)CN2CC3CNCC3C2)on1. The average molecular weight is 278 g/mol. The lowest BCUT2D eigenvalue weighted by Gasteiger charge is -2.15. The van der Waals surface area contributed by atoms with E-state index < -0.39 is 0 Å². The van der Waals surface area contributed by atoms with E-state index in [-0.39, 0.29) is 5.91 Å². The summed E-state index contributed by atoms with van der Waals surface area (Å²) in [5.74, 6) is 2.14. The van der Waals surface area contributed by atoms with E-state index in [0.29, 0.717) is 30.2 Å². The van der Waals surface area contributed by atoms with Crippen LogP contribution in [0.4, 0.5) is 5.88 Å². The first-order valence-electron chi connectivity index (χ1n) is 7.31. The number of carbonyl (C=O) groups is 1. The highest BCUT2D eigenvalue weighted by Crippen LogP contribution is 2.26. The van der Waals surface area contributed by atoms with Gasteiger partial charge in [0.15, 0.2) is 0 Å². The van der Waals surface area contributed by atoms with E-state index in [1.54, 1.807) is 6.07 Å². The van der Waals surface area contributed by atoms with Gasteiger partial charge in [-0.1, -0.05) is 19.0 Å². The van der Waals surface area contributed by atoms with Gasteiger partial charge in [-0.15, -0.1) is 0 Å². The van der Waals surface area contributed by atoms with E-state index in [2.05, 4.69) is 20.7 Å². The Bertz CT molecular complexity index is 473. The van der Waals surface area contributed by atoms with Crippen molar-refractivity contribution >= 4 is 11.8 Å². The quantitative estimate of drug-likeness (QED) is 0.856. The summed E-state index contributed by atoms with van der Waals surface area (Å²) in [7, 11) is 0. The molecule has 110 valence electrons. The minimum Gasteiger partial charge on any atom is -0.338 e. The molecule has 2 unspecified atom stereocenters. The fraction of sp³-hybridized carbons (Fsp3) is 0.714. The van der Waals surface area contributed by atoms with Crippen LogP contribution in [0.1, 0.15) is 25.5 Å². The molecule has 6 nitrogen and oxygen atoms in total. The maximum atomic E-state index is 12.0. The minimum absolute atomic E-state index is 0.0237. The van der Waals surface area contributed by atoms with Crippen LogP contribution in [0, 0.1) is 11.8 Å². The Balaban J connectivity index is 1.49. The van der Waals surface area contributed by atoms with Crippen LogP contribution in [-0.2, 0) is 4.79 Å². The second kappa shape index (κ2) is 5.54.